The van der Waals surface area contributed by atoms with Crippen LogP contribution >= 0.6 is 0 Å². The van der Waals surface area contributed by atoms with E-state index in [4.69, 9.17) is 4.74 Å². The summed E-state index contributed by atoms with van der Waals surface area (Å²) in [5.74, 6) is -0.692. The van der Waals surface area contributed by atoms with Gasteiger partial charge in [0.2, 0.25) is 0 Å². The van der Waals surface area contributed by atoms with Crippen LogP contribution in [0, 0.1) is 0 Å². The molecule has 0 fully saturated rings. The van der Waals surface area contributed by atoms with Gasteiger partial charge >= 0.3 is 5.97 Å². The summed E-state index contributed by atoms with van der Waals surface area (Å²) in [6, 6.07) is 29.6. The van der Waals surface area contributed by atoms with Crippen LogP contribution in [0.25, 0.3) is 0 Å². The lowest BCUT2D eigenvalue weighted by molar-refractivity contribution is -0.153. The number of rotatable bonds is 7. The molecule has 0 aromatic heterocycles. The molecule has 0 spiro atoms. The highest BCUT2D eigenvalue weighted by atomic mass is 16.5. The number of esters is 1. The molecule has 3 aromatic rings. The third-order valence-electron chi connectivity index (χ3n) is 5.13. The number of carbonyl (C=O) groups is 1. The Morgan fingerprint density at radius 1 is 0.714 bits per heavy atom. The molecule has 3 rings (SSSR count). The molecule has 0 aliphatic heterocycles. The molecule has 144 valence electrons. The summed E-state index contributed by atoms with van der Waals surface area (Å²) in [6.45, 7) is 2.07. The lowest BCUT2D eigenvalue weighted by Crippen LogP contribution is -2.35. The van der Waals surface area contributed by atoms with E-state index in [0.29, 0.717) is 0 Å². The normalized spacial score (nSPS) is 13.3. The van der Waals surface area contributed by atoms with E-state index in [1.165, 1.54) is 0 Å². The Labute approximate surface area is 167 Å². The van der Waals surface area contributed by atoms with Gasteiger partial charge in [0.05, 0.1) is 0 Å². The van der Waals surface area contributed by atoms with Gasteiger partial charge in [-0.2, -0.15) is 0 Å². The highest BCUT2D eigenvalue weighted by Gasteiger charge is 2.30. The average molecular weight is 373 g/mol. The van der Waals surface area contributed by atoms with Crippen molar-refractivity contribution in [3.05, 3.63) is 108 Å². The maximum absolute atomic E-state index is 13.4. The van der Waals surface area contributed by atoms with Crippen molar-refractivity contribution in [1.29, 1.82) is 0 Å². The van der Waals surface area contributed by atoms with Gasteiger partial charge in [-0.05, 0) is 37.7 Å². The predicted octanol–water partition coefficient (Wildman–Crippen LogP) is 5.05. The zero-order chi connectivity index (χ0) is 19.9. The second kappa shape index (κ2) is 9.34. The largest absolute Gasteiger partial charge is 0.455 e. The van der Waals surface area contributed by atoms with E-state index >= 15 is 0 Å². The molecule has 0 heterocycles. The van der Waals surface area contributed by atoms with Gasteiger partial charge < -0.3 is 9.64 Å². The van der Waals surface area contributed by atoms with Crippen molar-refractivity contribution in [3.8, 4) is 0 Å². The van der Waals surface area contributed by atoms with E-state index in [0.717, 1.165) is 16.7 Å². The van der Waals surface area contributed by atoms with Gasteiger partial charge in [0.25, 0.3) is 0 Å². The van der Waals surface area contributed by atoms with E-state index in [2.05, 4.69) is 11.8 Å². The van der Waals surface area contributed by atoms with Crippen molar-refractivity contribution in [1.82, 2.24) is 4.90 Å². The highest BCUT2D eigenvalue weighted by Crippen LogP contribution is 2.31. The van der Waals surface area contributed by atoms with Crippen molar-refractivity contribution in [2.24, 2.45) is 0 Å². The van der Waals surface area contributed by atoms with E-state index in [1.807, 2.05) is 105 Å². The highest BCUT2D eigenvalue weighted by molar-refractivity contribution is 5.82. The fourth-order valence-corrected chi connectivity index (χ4v) is 3.31. The van der Waals surface area contributed by atoms with Crippen LogP contribution in [0.15, 0.2) is 91.0 Å². The molecule has 3 nitrogen and oxygen atoms in total. The van der Waals surface area contributed by atoms with E-state index in [9.17, 15) is 4.79 Å². The second-order valence-electron chi connectivity index (χ2n) is 7.23. The number of hydrogen-bond donors (Lipinski definition) is 0. The van der Waals surface area contributed by atoms with Gasteiger partial charge in [-0.15, -0.1) is 0 Å². The number of likely N-dealkylation sites (N-methyl/N-ethyl adjacent to an activating group) is 1. The van der Waals surface area contributed by atoms with Crippen molar-refractivity contribution in [2.75, 3.05) is 14.1 Å². The summed E-state index contributed by atoms with van der Waals surface area (Å²) >= 11 is 0. The van der Waals surface area contributed by atoms with Crippen molar-refractivity contribution < 1.29 is 9.53 Å². The van der Waals surface area contributed by atoms with Gasteiger partial charge in [0.1, 0.15) is 12.0 Å². The number of nitrogens with zero attached hydrogens (tertiary/aromatic N) is 1. The SMILES string of the molecule is CC(C(OC(=O)C(c1ccccc1)c1ccccc1)c1ccccc1)N(C)C. The molecule has 0 aliphatic carbocycles. The summed E-state index contributed by atoms with van der Waals surface area (Å²) < 4.78 is 6.15. The molecule has 0 radical (unpaired) electrons. The first kappa shape index (κ1) is 19.8. The molecule has 2 unspecified atom stereocenters. The fraction of sp³-hybridized carbons (Fsp3) is 0.240. The fourth-order valence-electron chi connectivity index (χ4n) is 3.31. The van der Waals surface area contributed by atoms with Gasteiger partial charge in [0, 0.05) is 6.04 Å². The first-order chi connectivity index (χ1) is 13.6. The van der Waals surface area contributed by atoms with Crippen molar-refractivity contribution in [3.63, 3.8) is 0 Å². The zero-order valence-corrected chi connectivity index (χ0v) is 16.7. The van der Waals surface area contributed by atoms with Gasteiger partial charge in [-0.1, -0.05) is 91.0 Å². The van der Waals surface area contributed by atoms with Crippen LogP contribution in [0.2, 0.25) is 0 Å². The predicted molar refractivity (Wildman–Crippen MR) is 113 cm³/mol. The van der Waals surface area contributed by atoms with Crippen LogP contribution in [0.1, 0.15) is 35.6 Å². The third kappa shape index (κ3) is 4.68. The molecular formula is C25H27NO2. The van der Waals surface area contributed by atoms with E-state index in [1.54, 1.807) is 0 Å². The molecule has 0 amide bonds. The Balaban J connectivity index is 1.95. The van der Waals surface area contributed by atoms with E-state index < -0.39 is 5.92 Å². The molecule has 28 heavy (non-hydrogen) atoms. The van der Waals surface area contributed by atoms with Crippen LogP contribution in [0.5, 0.6) is 0 Å². The minimum atomic E-state index is -0.456. The third-order valence-corrected chi connectivity index (χ3v) is 5.13. The van der Waals surface area contributed by atoms with Gasteiger partial charge in [-0.25, -0.2) is 0 Å². The maximum Gasteiger partial charge on any atom is 0.318 e. The Kier molecular flexibility index (Phi) is 6.62. The maximum atomic E-state index is 13.4. The summed E-state index contributed by atoms with van der Waals surface area (Å²) in [6.07, 6.45) is -0.348. The van der Waals surface area contributed by atoms with Crippen LogP contribution in [0.3, 0.4) is 0 Å². The smallest absolute Gasteiger partial charge is 0.318 e. The minimum absolute atomic E-state index is 0.0403. The summed E-state index contributed by atoms with van der Waals surface area (Å²) in [7, 11) is 4.00. The lowest BCUT2D eigenvalue weighted by Gasteiger charge is -2.31. The number of ether oxygens (including phenoxy) is 1. The second-order valence-corrected chi connectivity index (χ2v) is 7.23. The van der Waals surface area contributed by atoms with Crippen LogP contribution in [-0.2, 0) is 9.53 Å². The standard InChI is InChI=1S/C25H27NO2/c1-19(26(2)3)24(22-17-11-6-12-18-22)28-25(27)23(20-13-7-4-8-14-20)21-15-9-5-10-16-21/h4-19,23-24H,1-3H3. The molecule has 3 heteroatoms. The monoisotopic (exact) mass is 373 g/mol. The Morgan fingerprint density at radius 2 is 1.11 bits per heavy atom. The molecule has 0 N–H and O–H groups in total. The molecular weight excluding hydrogens is 346 g/mol. The summed E-state index contributed by atoms with van der Waals surface area (Å²) in [5.41, 5.74) is 2.86. The molecule has 0 bridgehead atoms. The molecule has 0 saturated heterocycles. The average Bonchev–Trinajstić information content (AvgIpc) is 2.74. The molecule has 0 saturated carbocycles. The van der Waals surface area contributed by atoms with Crippen LogP contribution in [-0.4, -0.2) is 31.0 Å². The quantitative estimate of drug-likeness (QED) is 0.543. The number of hydrogen-bond acceptors (Lipinski definition) is 3. The molecule has 2 atom stereocenters. The van der Waals surface area contributed by atoms with Crippen LogP contribution < -0.4 is 0 Å². The zero-order valence-electron chi connectivity index (χ0n) is 16.7. The summed E-state index contributed by atoms with van der Waals surface area (Å²) in [4.78, 5) is 15.5. The minimum Gasteiger partial charge on any atom is -0.455 e. The van der Waals surface area contributed by atoms with Crippen molar-refractivity contribution >= 4 is 5.97 Å². The number of carbonyl (C=O) groups excluding carboxylic acids is 1. The van der Waals surface area contributed by atoms with Crippen molar-refractivity contribution in [2.45, 2.75) is 25.0 Å². The van der Waals surface area contributed by atoms with E-state index in [-0.39, 0.29) is 18.1 Å². The first-order valence-corrected chi connectivity index (χ1v) is 9.59. The molecule has 3 aromatic carbocycles. The van der Waals surface area contributed by atoms with Crippen LogP contribution in [0.4, 0.5) is 0 Å². The topological polar surface area (TPSA) is 29.5 Å². The Morgan fingerprint density at radius 3 is 1.50 bits per heavy atom. The van der Waals surface area contributed by atoms with Gasteiger partial charge in [0.15, 0.2) is 0 Å². The summed E-state index contributed by atoms with van der Waals surface area (Å²) in [5, 5.41) is 0. The first-order valence-electron chi connectivity index (χ1n) is 9.59. The van der Waals surface area contributed by atoms with Gasteiger partial charge in [-0.3, -0.25) is 4.79 Å². The lowest BCUT2D eigenvalue weighted by atomic mass is 9.91. The Hall–Kier alpha value is -2.91. The molecule has 0 aliphatic rings. The number of benzene rings is 3. The Bertz CT molecular complexity index is 823.